The number of nitrogens with one attached hydrogen (secondary N) is 2. The first kappa shape index (κ1) is 17.1. The van der Waals surface area contributed by atoms with E-state index in [-0.39, 0.29) is 12.1 Å². The van der Waals surface area contributed by atoms with Crippen LogP contribution in [-0.2, 0) is 6.54 Å². The average Bonchev–Trinajstić information content (AvgIpc) is 2.48. The van der Waals surface area contributed by atoms with E-state index in [2.05, 4.69) is 29.4 Å². The molecule has 1 aliphatic rings. The molecular formula is C17H26ClN3O. The molecule has 1 aromatic carbocycles. The highest BCUT2D eigenvalue weighted by Crippen LogP contribution is 2.12. The van der Waals surface area contributed by atoms with E-state index in [4.69, 9.17) is 11.6 Å². The Morgan fingerprint density at radius 1 is 1.27 bits per heavy atom. The van der Waals surface area contributed by atoms with E-state index in [1.54, 1.807) is 0 Å². The van der Waals surface area contributed by atoms with Gasteiger partial charge in [0.25, 0.3) is 0 Å². The first-order valence-corrected chi connectivity index (χ1v) is 8.42. The van der Waals surface area contributed by atoms with Crippen LogP contribution in [0.15, 0.2) is 24.3 Å². The number of nitrogens with zero attached hydrogens (tertiary/aromatic N) is 1. The lowest BCUT2D eigenvalue weighted by Gasteiger charge is -2.33. The zero-order valence-corrected chi connectivity index (χ0v) is 14.2. The summed E-state index contributed by atoms with van der Waals surface area (Å²) in [6.07, 6.45) is 2.06. The van der Waals surface area contributed by atoms with Crippen LogP contribution in [0.3, 0.4) is 0 Å². The van der Waals surface area contributed by atoms with Gasteiger partial charge in [0.2, 0.25) is 0 Å². The molecule has 0 radical (unpaired) electrons. The van der Waals surface area contributed by atoms with Crippen LogP contribution >= 0.6 is 11.6 Å². The van der Waals surface area contributed by atoms with Crippen molar-refractivity contribution < 1.29 is 4.79 Å². The molecule has 0 aliphatic carbocycles. The molecule has 0 bridgehead atoms. The number of hydrogen-bond acceptors (Lipinski definition) is 2. The summed E-state index contributed by atoms with van der Waals surface area (Å²) >= 11 is 5.84. The third kappa shape index (κ3) is 5.85. The SMILES string of the molecule is CC(C)CN1CCC(NC(=O)NCc2ccc(Cl)cc2)CC1. The summed E-state index contributed by atoms with van der Waals surface area (Å²) in [7, 11) is 0. The number of rotatable bonds is 5. The third-order valence-electron chi connectivity index (χ3n) is 3.91. The first-order valence-electron chi connectivity index (χ1n) is 8.04. The maximum absolute atomic E-state index is 11.9. The van der Waals surface area contributed by atoms with E-state index in [1.165, 1.54) is 0 Å². The molecule has 0 aromatic heterocycles. The second-order valence-corrected chi connectivity index (χ2v) is 6.86. The van der Waals surface area contributed by atoms with E-state index in [1.807, 2.05) is 24.3 Å². The maximum Gasteiger partial charge on any atom is 0.315 e. The Labute approximate surface area is 138 Å². The van der Waals surface area contributed by atoms with Gasteiger partial charge in [-0.25, -0.2) is 4.79 Å². The molecule has 0 atom stereocenters. The Morgan fingerprint density at radius 2 is 1.91 bits per heavy atom. The second-order valence-electron chi connectivity index (χ2n) is 6.42. The molecule has 5 heteroatoms. The largest absolute Gasteiger partial charge is 0.335 e. The van der Waals surface area contributed by atoms with E-state index in [9.17, 15) is 4.79 Å². The molecule has 1 fully saturated rings. The van der Waals surface area contributed by atoms with Gasteiger partial charge in [0, 0.05) is 37.2 Å². The number of benzene rings is 1. The van der Waals surface area contributed by atoms with Gasteiger partial charge in [0.05, 0.1) is 0 Å². The fraction of sp³-hybridized carbons (Fsp3) is 0.588. The van der Waals surface area contributed by atoms with E-state index in [0.29, 0.717) is 17.5 Å². The first-order chi connectivity index (χ1) is 10.5. The summed E-state index contributed by atoms with van der Waals surface area (Å²) in [5, 5.41) is 6.68. The molecule has 22 heavy (non-hydrogen) atoms. The molecule has 0 spiro atoms. The molecule has 4 nitrogen and oxygen atoms in total. The number of amides is 2. The Morgan fingerprint density at radius 3 is 2.50 bits per heavy atom. The minimum atomic E-state index is -0.0859. The highest BCUT2D eigenvalue weighted by molar-refractivity contribution is 6.30. The van der Waals surface area contributed by atoms with Crippen molar-refractivity contribution in [2.45, 2.75) is 39.3 Å². The van der Waals surface area contributed by atoms with Gasteiger partial charge in [0.15, 0.2) is 0 Å². The summed E-state index contributed by atoms with van der Waals surface area (Å²) in [6.45, 7) is 8.30. The van der Waals surface area contributed by atoms with Crippen LogP contribution in [0.5, 0.6) is 0 Å². The van der Waals surface area contributed by atoms with E-state index >= 15 is 0 Å². The average molecular weight is 324 g/mol. The van der Waals surface area contributed by atoms with Crippen molar-refractivity contribution in [1.82, 2.24) is 15.5 Å². The van der Waals surface area contributed by atoms with E-state index < -0.39 is 0 Å². The lowest BCUT2D eigenvalue weighted by molar-refractivity contribution is 0.178. The van der Waals surface area contributed by atoms with Crippen LogP contribution in [-0.4, -0.2) is 36.6 Å². The Balaban J connectivity index is 1.66. The van der Waals surface area contributed by atoms with Gasteiger partial charge in [-0.2, -0.15) is 0 Å². The minimum Gasteiger partial charge on any atom is -0.335 e. The molecule has 2 rings (SSSR count). The summed E-state index contributed by atoms with van der Waals surface area (Å²) in [4.78, 5) is 14.4. The smallest absolute Gasteiger partial charge is 0.315 e. The summed E-state index contributed by atoms with van der Waals surface area (Å²) < 4.78 is 0. The number of carbonyl (C=O) groups is 1. The molecule has 2 amide bonds. The van der Waals surface area contributed by atoms with Crippen molar-refractivity contribution in [1.29, 1.82) is 0 Å². The second kappa shape index (κ2) is 8.39. The van der Waals surface area contributed by atoms with Crippen molar-refractivity contribution in [3.63, 3.8) is 0 Å². The van der Waals surface area contributed by atoms with Crippen LogP contribution in [0.1, 0.15) is 32.3 Å². The van der Waals surface area contributed by atoms with Gasteiger partial charge in [-0.05, 0) is 36.5 Å². The van der Waals surface area contributed by atoms with Crippen molar-refractivity contribution >= 4 is 17.6 Å². The topological polar surface area (TPSA) is 44.4 Å². The number of hydrogen-bond donors (Lipinski definition) is 2. The van der Waals surface area contributed by atoms with Gasteiger partial charge in [-0.15, -0.1) is 0 Å². The van der Waals surface area contributed by atoms with Crippen LogP contribution < -0.4 is 10.6 Å². The van der Waals surface area contributed by atoms with Gasteiger partial charge >= 0.3 is 6.03 Å². The summed E-state index contributed by atoms with van der Waals surface area (Å²) in [6, 6.07) is 7.72. The number of carbonyl (C=O) groups excluding carboxylic acids is 1. The Hall–Kier alpha value is -1.26. The molecule has 1 heterocycles. The van der Waals surface area contributed by atoms with Crippen LogP contribution in [0.2, 0.25) is 5.02 Å². The van der Waals surface area contributed by atoms with Crippen molar-refractivity contribution in [2.75, 3.05) is 19.6 Å². The highest BCUT2D eigenvalue weighted by atomic mass is 35.5. The lowest BCUT2D eigenvalue weighted by Crippen LogP contribution is -2.48. The number of likely N-dealkylation sites (tertiary alicyclic amines) is 1. The number of piperidine rings is 1. The molecule has 2 N–H and O–H groups in total. The predicted molar refractivity (Wildman–Crippen MR) is 91.1 cm³/mol. The zero-order chi connectivity index (χ0) is 15.9. The quantitative estimate of drug-likeness (QED) is 0.873. The molecule has 122 valence electrons. The summed E-state index contributed by atoms with van der Waals surface area (Å²) in [5.74, 6) is 0.701. The van der Waals surface area contributed by atoms with Crippen LogP contribution in [0.4, 0.5) is 4.79 Å². The minimum absolute atomic E-state index is 0.0859. The fourth-order valence-corrected chi connectivity index (χ4v) is 2.92. The standard InChI is InChI=1S/C17H26ClN3O/c1-13(2)12-21-9-7-16(8-10-21)20-17(22)19-11-14-3-5-15(18)6-4-14/h3-6,13,16H,7-12H2,1-2H3,(H2,19,20,22). The van der Waals surface area contributed by atoms with Crippen molar-refractivity contribution in [2.24, 2.45) is 5.92 Å². The maximum atomic E-state index is 11.9. The molecule has 1 saturated heterocycles. The Bertz CT molecular complexity index is 467. The van der Waals surface area contributed by atoms with Gasteiger partial charge in [0.1, 0.15) is 0 Å². The third-order valence-corrected chi connectivity index (χ3v) is 4.16. The molecule has 0 unspecified atom stereocenters. The van der Waals surface area contributed by atoms with Gasteiger partial charge in [-0.3, -0.25) is 0 Å². The fourth-order valence-electron chi connectivity index (χ4n) is 2.80. The monoisotopic (exact) mass is 323 g/mol. The normalized spacial score (nSPS) is 16.7. The van der Waals surface area contributed by atoms with Gasteiger partial charge in [-0.1, -0.05) is 37.6 Å². The Kier molecular flexibility index (Phi) is 6.52. The van der Waals surface area contributed by atoms with Crippen LogP contribution in [0.25, 0.3) is 0 Å². The molecule has 1 aliphatic heterocycles. The predicted octanol–water partition coefficient (Wildman–Crippen LogP) is 3.26. The highest BCUT2D eigenvalue weighted by Gasteiger charge is 2.20. The van der Waals surface area contributed by atoms with E-state index in [0.717, 1.165) is 38.0 Å². The van der Waals surface area contributed by atoms with Crippen molar-refractivity contribution in [3.8, 4) is 0 Å². The summed E-state index contributed by atoms with van der Waals surface area (Å²) in [5.41, 5.74) is 1.05. The van der Waals surface area contributed by atoms with Crippen molar-refractivity contribution in [3.05, 3.63) is 34.9 Å². The molecular weight excluding hydrogens is 298 g/mol. The molecule has 0 saturated carbocycles. The van der Waals surface area contributed by atoms with Gasteiger partial charge < -0.3 is 15.5 Å². The number of urea groups is 1. The lowest BCUT2D eigenvalue weighted by atomic mass is 10.0. The number of halogens is 1. The zero-order valence-electron chi connectivity index (χ0n) is 13.4. The molecule has 1 aromatic rings. The van der Waals surface area contributed by atoms with Crippen LogP contribution in [0, 0.1) is 5.92 Å².